The molecule has 0 radical (unpaired) electrons. The Bertz CT molecular complexity index is 458. The maximum atomic E-state index is 13.7. The third kappa shape index (κ3) is 2.71. The van der Waals surface area contributed by atoms with E-state index in [9.17, 15) is 9.18 Å². The highest BCUT2D eigenvalue weighted by molar-refractivity contribution is 5.86. The lowest BCUT2D eigenvalue weighted by Gasteiger charge is -2.45. The van der Waals surface area contributed by atoms with Gasteiger partial charge < -0.3 is 14.8 Å². The quantitative estimate of drug-likeness (QED) is 0.832. The first kappa shape index (κ1) is 13.8. The molecule has 1 N–H and O–H groups in total. The SMILES string of the molecule is CCOC(=O)C1(Nc2ccccc2F)CC(OC)C1. The van der Waals surface area contributed by atoms with Crippen LogP contribution < -0.4 is 5.32 Å². The normalized spacial score (nSPS) is 25.5. The molecular weight excluding hydrogens is 249 g/mol. The largest absolute Gasteiger partial charge is 0.464 e. The Hall–Kier alpha value is -1.62. The Morgan fingerprint density at radius 3 is 2.74 bits per heavy atom. The monoisotopic (exact) mass is 267 g/mol. The predicted octanol–water partition coefficient (Wildman–Crippen LogP) is 2.35. The summed E-state index contributed by atoms with van der Waals surface area (Å²) in [5.41, 5.74) is -0.566. The van der Waals surface area contributed by atoms with Gasteiger partial charge in [0, 0.05) is 20.0 Å². The number of rotatable bonds is 5. The number of anilines is 1. The smallest absolute Gasteiger partial charge is 0.331 e. The summed E-state index contributed by atoms with van der Waals surface area (Å²) < 4.78 is 23.9. The van der Waals surface area contributed by atoms with Gasteiger partial charge in [-0.15, -0.1) is 0 Å². The van der Waals surface area contributed by atoms with Crippen LogP contribution in [0, 0.1) is 5.82 Å². The second-order valence-corrected chi connectivity index (χ2v) is 4.67. The Balaban J connectivity index is 2.16. The van der Waals surface area contributed by atoms with E-state index >= 15 is 0 Å². The summed E-state index contributed by atoms with van der Waals surface area (Å²) in [6.45, 7) is 2.05. The van der Waals surface area contributed by atoms with E-state index in [1.165, 1.54) is 6.07 Å². The van der Waals surface area contributed by atoms with Gasteiger partial charge in [-0.1, -0.05) is 12.1 Å². The summed E-state index contributed by atoms with van der Waals surface area (Å²) in [4.78, 5) is 12.1. The van der Waals surface area contributed by atoms with Crippen LogP contribution in [-0.2, 0) is 14.3 Å². The van der Waals surface area contributed by atoms with Gasteiger partial charge in [0.05, 0.1) is 18.4 Å². The molecule has 0 aliphatic heterocycles. The van der Waals surface area contributed by atoms with Crippen LogP contribution in [0.5, 0.6) is 0 Å². The zero-order chi connectivity index (χ0) is 13.9. The Labute approximate surface area is 111 Å². The van der Waals surface area contributed by atoms with Crippen molar-refractivity contribution in [2.75, 3.05) is 19.0 Å². The zero-order valence-corrected chi connectivity index (χ0v) is 11.1. The number of esters is 1. The van der Waals surface area contributed by atoms with Crippen LogP contribution in [0.15, 0.2) is 24.3 Å². The van der Waals surface area contributed by atoms with Crippen LogP contribution in [0.1, 0.15) is 19.8 Å². The highest BCUT2D eigenvalue weighted by atomic mass is 19.1. The first-order valence-corrected chi connectivity index (χ1v) is 6.34. The molecule has 0 heterocycles. The topological polar surface area (TPSA) is 47.6 Å². The molecule has 2 rings (SSSR count). The molecule has 0 amide bonds. The standard InChI is InChI=1S/C14H18FNO3/c1-3-19-13(17)14(8-10(9-14)18-2)16-12-7-5-4-6-11(12)15/h4-7,10,16H,3,8-9H2,1-2H3. The lowest BCUT2D eigenvalue weighted by atomic mass is 9.74. The van der Waals surface area contributed by atoms with Gasteiger partial charge in [-0.3, -0.25) is 0 Å². The van der Waals surface area contributed by atoms with E-state index in [4.69, 9.17) is 9.47 Å². The molecule has 104 valence electrons. The fourth-order valence-electron chi connectivity index (χ4n) is 2.29. The number of nitrogens with one attached hydrogen (secondary N) is 1. The van der Waals surface area contributed by atoms with Crippen LogP contribution in [-0.4, -0.2) is 31.3 Å². The first-order chi connectivity index (χ1) is 9.11. The molecule has 0 spiro atoms. The Kier molecular flexibility index (Phi) is 4.04. The van der Waals surface area contributed by atoms with E-state index in [1.54, 1.807) is 32.2 Å². The van der Waals surface area contributed by atoms with Gasteiger partial charge in [0.2, 0.25) is 0 Å². The molecule has 5 heteroatoms. The Morgan fingerprint density at radius 1 is 1.47 bits per heavy atom. The van der Waals surface area contributed by atoms with Crippen LogP contribution in [0.3, 0.4) is 0 Å². The minimum atomic E-state index is -0.876. The summed E-state index contributed by atoms with van der Waals surface area (Å²) in [7, 11) is 1.60. The molecule has 1 aromatic carbocycles. The van der Waals surface area contributed by atoms with E-state index in [0.29, 0.717) is 25.1 Å². The lowest BCUT2D eigenvalue weighted by Crippen LogP contribution is -2.60. The molecule has 0 bridgehead atoms. The molecular formula is C14H18FNO3. The van der Waals surface area contributed by atoms with Crippen molar-refractivity contribution >= 4 is 11.7 Å². The molecule has 0 aromatic heterocycles. The molecule has 4 nitrogen and oxygen atoms in total. The van der Waals surface area contributed by atoms with Gasteiger partial charge >= 0.3 is 5.97 Å². The van der Waals surface area contributed by atoms with Crippen molar-refractivity contribution in [1.29, 1.82) is 0 Å². The van der Waals surface area contributed by atoms with Gasteiger partial charge in [0.1, 0.15) is 11.4 Å². The van der Waals surface area contributed by atoms with Crippen LogP contribution in [0.25, 0.3) is 0 Å². The average Bonchev–Trinajstić information content (AvgIpc) is 2.35. The summed E-state index contributed by atoms with van der Waals surface area (Å²) in [6, 6.07) is 6.29. The fourth-order valence-corrected chi connectivity index (χ4v) is 2.29. The number of halogens is 1. The molecule has 0 atom stereocenters. The second kappa shape index (κ2) is 5.57. The summed E-state index contributed by atoms with van der Waals surface area (Å²) in [5, 5.41) is 2.98. The molecule has 1 aliphatic carbocycles. The van der Waals surface area contributed by atoms with Gasteiger partial charge in [-0.2, -0.15) is 0 Å². The molecule has 1 saturated carbocycles. The number of methoxy groups -OCH3 is 1. The van der Waals surface area contributed by atoms with Crippen molar-refractivity contribution in [2.24, 2.45) is 0 Å². The number of carbonyl (C=O) groups excluding carboxylic acids is 1. The maximum absolute atomic E-state index is 13.7. The highest BCUT2D eigenvalue weighted by Crippen LogP contribution is 2.39. The average molecular weight is 267 g/mol. The number of hydrogen-bond acceptors (Lipinski definition) is 4. The molecule has 19 heavy (non-hydrogen) atoms. The van der Waals surface area contributed by atoms with E-state index in [-0.39, 0.29) is 17.9 Å². The van der Waals surface area contributed by atoms with Crippen molar-refractivity contribution in [3.05, 3.63) is 30.1 Å². The van der Waals surface area contributed by atoms with Crippen LogP contribution >= 0.6 is 0 Å². The minimum Gasteiger partial charge on any atom is -0.464 e. The summed E-state index contributed by atoms with van der Waals surface area (Å²) >= 11 is 0. The van der Waals surface area contributed by atoms with Crippen molar-refractivity contribution in [3.63, 3.8) is 0 Å². The predicted molar refractivity (Wildman–Crippen MR) is 69.4 cm³/mol. The van der Waals surface area contributed by atoms with Crippen molar-refractivity contribution in [1.82, 2.24) is 0 Å². The summed E-state index contributed by atoms with van der Waals surface area (Å²) in [6.07, 6.45) is 0.969. The van der Waals surface area contributed by atoms with Gasteiger partial charge in [0.15, 0.2) is 0 Å². The van der Waals surface area contributed by atoms with Crippen molar-refractivity contribution in [2.45, 2.75) is 31.4 Å². The van der Waals surface area contributed by atoms with E-state index in [2.05, 4.69) is 5.32 Å². The number of benzene rings is 1. The van der Waals surface area contributed by atoms with Crippen molar-refractivity contribution < 1.29 is 18.7 Å². The minimum absolute atomic E-state index is 0.00341. The van der Waals surface area contributed by atoms with E-state index in [0.717, 1.165) is 0 Å². The van der Waals surface area contributed by atoms with Crippen LogP contribution in [0.4, 0.5) is 10.1 Å². The number of hydrogen-bond donors (Lipinski definition) is 1. The van der Waals surface area contributed by atoms with Crippen LogP contribution in [0.2, 0.25) is 0 Å². The maximum Gasteiger partial charge on any atom is 0.331 e. The molecule has 1 fully saturated rings. The molecule has 1 aromatic rings. The molecule has 0 saturated heterocycles. The zero-order valence-electron chi connectivity index (χ0n) is 11.1. The van der Waals surface area contributed by atoms with Gasteiger partial charge in [-0.25, -0.2) is 9.18 Å². The summed E-state index contributed by atoms with van der Waals surface area (Å²) in [5.74, 6) is -0.737. The number of carbonyl (C=O) groups is 1. The van der Waals surface area contributed by atoms with E-state index in [1.807, 2.05) is 0 Å². The van der Waals surface area contributed by atoms with E-state index < -0.39 is 5.54 Å². The molecule has 0 unspecified atom stereocenters. The highest BCUT2D eigenvalue weighted by Gasteiger charge is 2.52. The lowest BCUT2D eigenvalue weighted by molar-refractivity contribution is -0.157. The Morgan fingerprint density at radius 2 is 2.16 bits per heavy atom. The van der Waals surface area contributed by atoms with Crippen molar-refractivity contribution in [3.8, 4) is 0 Å². The number of ether oxygens (including phenoxy) is 2. The third-order valence-electron chi connectivity index (χ3n) is 3.40. The third-order valence-corrected chi connectivity index (χ3v) is 3.40. The molecule has 1 aliphatic rings. The number of para-hydroxylation sites is 1. The fraction of sp³-hybridized carbons (Fsp3) is 0.500. The van der Waals surface area contributed by atoms with Gasteiger partial charge in [-0.05, 0) is 19.1 Å². The van der Waals surface area contributed by atoms with Gasteiger partial charge in [0.25, 0.3) is 0 Å². The first-order valence-electron chi connectivity index (χ1n) is 6.34. The second-order valence-electron chi connectivity index (χ2n) is 4.67.